The molecule has 0 bridgehead atoms. The van der Waals surface area contributed by atoms with E-state index in [0.717, 1.165) is 5.75 Å². The van der Waals surface area contributed by atoms with Crippen LogP contribution in [0.4, 0.5) is 4.79 Å². The van der Waals surface area contributed by atoms with Crippen LogP contribution < -0.4 is 10.1 Å². The zero-order valence-corrected chi connectivity index (χ0v) is 15.3. The van der Waals surface area contributed by atoms with Crippen molar-refractivity contribution in [2.75, 3.05) is 13.2 Å². The van der Waals surface area contributed by atoms with Crippen LogP contribution in [-0.2, 0) is 4.79 Å². The summed E-state index contributed by atoms with van der Waals surface area (Å²) in [6, 6.07) is 5.67. The number of nitrogens with one attached hydrogen (secondary N) is 1. The second-order valence-electron chi connectivity index (χ2n) is 7.27. The average molecular weight is 332 g/mol. The predicted octanol–water partition coefficient (Wildman–Crippen LogP) is 3.43. The summed E-state index contributed by atoms with van der Waals surface area (Å²) in [4.78, 5) is 25.9. The number of carbonyl (C=O) groups is 2. The molecule has 2 rings (SSSR count). The number of nitrogens with zero attached hydrogens (tertiary/aromatic N) is 1. The molecule has 3 amide bonds. The van der Waals surface area contributed by atoms with Gasteiger partial charge >= 0.3 is 6.03 Å². The molecule has 1 atom stereocenters. The first-order chi connectivity index (χ1) is 11.2. The molecular formula is C19H28N2O3. The molecule has 1 aromatic carbocycles. The van der Waals surface area contributed by atoms with E-state index in [9.17, 15) is 9.59 Å². The highest BCUT2D eigenvalue weighted by atomic mass is 16.5. The zero-order valence-electron chi connectivity index (χ0n) is 15.3. The van der Waals surface area contributed by atoms with Gasteiger partial charge in [0.05, 0.1) is 6.61 Å². The minimum Gasteiger partial charge on any atom is -0.494 e. The molecule has 1 aliphatic rings. The largest absolute Gasteiger partial charge is 0.494 e. The molecule has 1 N–H and O–H groups in total. The second kappa shape index (κ2) is 7.24. The highest BCUT2D eigenvalue weighted by Gasteiger charge is 2.47. The Balaban J connectivity index is 1.84. The predicted molar refractivity (Wildman–Crippen MR) is 94.1 cm³/mol. The molecule has 0 aromatic heterocycles. The molecule has 5 nitrogen and oxygen atoms in total. The van der Waals surface area contributed by atoms with E-state index in [0.29, 0.717) is 31.9 Å². The smallest absolute Gasteiger partial charge is 0.325 e. The van der Waals surface area contributed by atoms with Crippen LogP contribution in [0.2, 0.25) is 0 Å². The molecule has 0 spiro atoms. The number of amides is 3. The van der Waals surface area contributed by atoms with Crippen molar-refractivity contribution in [2.45, 2.75) is 53.0 Å². The van der Waals surface area contributed by atoms with Gasteiger partial charge < -0.3 is 10.1 Å². The van der Waals surface area contributed by atoms with Crippen LogP contribution in [-0.4, -0.2) is 35.5 Å². The van der Waals surface area contributed by atoms with Crippen LogP contribution in [0.15, 0.2) is 18.2 Å². The van der Waals surface area contributed by atoms with Crippen LogP contribution in [0.1, 0.15) is 44.7 Å². The van der Waals surface area contributed by atoms with Crippen LogP contribution in [0.25, 0.3) is 0 Å². The van der Waals surface area contributed by atoms with Gasteiger partial charge in [-0.25, -0.2) is 4.79 Å². The van der Waals surface area contributed by atoms with Crippen molar-refractivity contribution in [2.24, 2.45) is 5.92 Å². The van der Waals surface area contributed by atoms with Crippen molar-refractivity contribution in [1.82, 2.24) is 10.2 Å². The van der Waals surface area contributed by atoms with Gasteiger partial charge in [0.25, 0.3) is 5.91 Å². The topological polar surface area (TPSA) is 58.6 Å². The summed E-state index contributed by atoms with van der Waals surface area (Å²) < 4.78 is 5.72. The van der Waals surface area contributed by atoms with Crippen molar-refractivity contribution >= 4 is 11.9 Å². The first-order valence-corrected chi connectivity index (χ1v) is 8.57. The van der Waals surface area contributed by atoms with E-state index in [1.807, 2.05) is 39.0 Å². The van der Waals surface area contributed by atoms with Crippen LogP contribution in [0.5, 0.6) is 5.75 Å². The normalized spacial score (nSPS) is 20.7. The molecule has 1 saturated heterocycles. The second-order valence-corrected chi connectivity index (χ2v) is 7.27. The maximum Gasteiger partial charge on any atom is 0.325 e. The minimum atomic E-state index is -0.778. The third-order valence-corrected chi connectivity index (χ3v) is 4.43. The molecule has 1 unspecified atom stereocenters. The van der Waals surface area contributed by atoms with E-state index in [4.69, 9.17) is 4.74 Å². The number of hydrogen-bond donors (Lipinski definition) is 1. The molecule has 1 heterocycles. The Morgan fingerprint density at radius 2 is 1.92 bits per heavy atom. The quantitative estimate of drug-likeness (QED) is 0.615. The number of urea groups is 1. The summed E-state index contributed by atoms with van der Waals surface area (Å²) in [6.07, 6.45) is 1.26. The first-order valence-electron chi connectivity index (χ1n) is 8.57. The lowest BCUT2D eigenvalue weighted by molar-refractivity contribution is -0.131. The standard InChI is InChI=1S/C19H28N2O3/c1-13(2)12-19(5)17(22)21(18(23)20-19)9-6-10-24-16-8-7-14(3)15(4)11-16/h7-8,11,13H,6,9-10,12H2,1-5H3,(H,20,23). The molecule has 132 valence electrons. The fourth-order valence-corrected chi connectivity index (χ4v) is 3.12. The number of carbonyl (C=O) groups excluding carboxylic acids is 2. The Bertz CT molecular complexity index is 627. The number of aryl methyl sites for hydroxylation is 2. The summed E-state index contributed by atoms with van der Waals surface area (Å²) in [5, 5.41) is 2.83. The van der Waals surface area contributed by atoms with E-state index in [1.165, 1.54) is 16.0 Å². The summed E-state index contributed by atoms with van der Waals surface area (Å²) in [6.45, 7) is 10.9. The molecule has 1 fully saturated rings. The summed E-state index contributed by atoms with van der Waals surface area (Å²) in [5.41, 5.74) is 1.64. The fourth-order valence-electron chi connectivity index (χ4n) is 3.12. The SMILES string of the molecule is Cc1ccc(OCCCN2C(=O)NC(C)(CC(C)C)C2=O)cc1C. The van der Waals surface area contributed by atoms with Gasteiger partial charge in [-0.15, -0.1) is 0 Å². The maximum atomic E-state index is 12.5. The van der Waals surface area contributed by atoms with Crippen LogP contribution in [0, 0.1) is 19.8 Å². The minimum absolute atomic E-state index is 0.132. The average Bonchev–Trinajstić information content (AvgIpc) is 2.68. The van der Waals surface area contributed by atoms with Gasteiger partial charge in [-0.2, -0.15) is 0 Å². The third kappa shape index (κ3) is 4.08. The monoisotopic (exact) mass is 332 g/mol. The van der Waals surface area contributed by atoms with Crippen molar-refractivity contribution in [3.63, 3.8) is 0 Å². The molecule has 0 aliphatic carbocycles. The number of benzene rings is 1. The van der Waals surface area contributed by atoms with Gasteiger partial charge in [0.1, 0.15) is 11.3 Å². The van der Waals surface area contributed by atoms with Gasteiger partial charge in [-0.05, 0) is 62.8 Å². The van der Waals surface area contributed by atoms with Crippen molar-refractivity contribution in [3.8, 4) is 5.75 Å². The van der Waals surface area contributed by atoms with Gasteiger partial charge in [0.15, 0.2) is 0 Å². The Kier molecular flexibility index (Phi) is 5.52. The van der Waals surface area contributed by atoms with Crippen molar-refractivity contribution < 1.29 is 14.3 Å². The number of ether oxygens (including phenoxy) is 1. The highest BCUT2D eigenvalue weighted by molar-refractivity contribution is 6.06. The molecule has 5 heteroatoms. The Morgan fingerprint density at radius 3 is 2.54 bits per heavy atom. The van der Waals surface area contributed by atoms with E-state index in [1.54, 1.807) is 6.92 Å². The Labute approximate surface area is 144 Å². The summed E-state index contributed by atoms with van der Waals surface area (Å²) >= 11 is 0. The van der Waals surface area contributed by atoms with Gasteiger partial charge in [-0.3, -0.25) is 9.69 Å². The van der Waals surface area contributed by atoms with Gasteiger partial charge in [0, 0.05) is 6.54 Å². The molecule has 24 heavy (non-hydrogen) atoms. The molecule has 0 radical (unpaired) electrons. The van der Waals surface area contributed by atoms with Crippen molar-refractivity contribution in [1.29, 1.82) is 0 Å². The van der Waals surface area contributed by atoms with Crippen LogP contribution >= 0.6 is 0 Å². The number of imide groups is 1. The first kappa shape index (κ1) is 18.3. The lowest BCUT2D eigenvalue weighted by Gasteiger charge is -2.23. The molecular weight excluding hydrogens is 304 g/mol. The van der Waals surface area contributed by atoms with E-state index in [-0.39, 0.29) is 11.9 Å². The Hall–Kier alpha value is -2.04. The highest BCUT2D eigenvalue weighted by Crippen LogP contribution is 2.25. The zero-order chi connectivity index (χ0) is 17.9. The maximum absolute atomic E-state index is 12.5. The van der Waals surface area contributed by atoms with Gasteiger partial charge in [0.2, 0.25) is 0 Å². The van der Waals surface area contributed by atoms with Gasteiger partial charge in [-0.1, -0.05) is 19.9 Å². The molecule has 1 aliphatic heterocycles. The lowest BCUT2D eigenvalue weighted by atomic mass is 9.91. The van der Waals surface area contributed by atoms with E-state index >= 15 is 0 Å². The van der Waals surface area contributed by atoms with Crippen molar-refractivity contribution in [3.05, 3.63) is 29.3 Å². The number of rotatable bonds is 7. The fraction of sp³-hybridized carbons (Fsp3) is 0.579. The molecule has 1 aromatic rings. The number of hydrogen-bond acceptors (Lipinski definition) is 3. The third-order valence-electron chi connectivity index (χ3n) is 4.43. The van der Waals surface area contributed by atoms with E-state index < -0.39 is 5.54 Å². The lowest BCUT2D eigenvalue weighted by Crippen LogP contribution is -2.45. The Morgan fingerprint density at radius 1 is 1.21 bits per heavy atom. The summed E-state index contributed by atoms with van der Waals surface area (Å²) in [5.74, 6) is 1.03. The van der Waals surface area contributed by atoms with Crippen LogP contribution in [0.3, 0.4) is 0 Å². The summed E-state index contributed by atoms with van der Waals surface area (Å²) in [7, 11) is 0. The van der Waals surface area contributed by atoms with E-state index in [2.05, 4.69) is 12.2 Å². The molecule has 0 saturated carbocycles.